The molecule has 2 aromatic rings. The molecular formula is C18H22ClNO4S. The van der Waals surface area contributed by atoms with Crippen LogP contribution in [0.2, 0.25) is 5.02 Å². The number of hydrogen-bond acceptors (Lipinski definition) is 4. The van der Waals surface area contributed by atoms with E-state index in [1.807, 2.05) is 32.0 Å². The molecule has 0 aliphatic heterocycles. The zero-order valence-corrected chi connectivity index (χ0v) is 16.3. The van der Waals surface area contributed by atoms with Crippen molar-refractivity contribution >= 4 is 27.3 Å². The van der Waals surface area contributed by atoms with Crippen molar-refractivity contribution < 1.29 is 17.9 Å². The number of hydrogen-bond donors (Lipinski definition) is 1. The maximum Gasteiger partial charge on any atom is 0.265 e. The van der Waals surface area contributed by atoms with Gasteiger partial charge in [0.2, 0.25) is 0 Å². The van der Waals surface area contributed by atoms with Gasteiger partial charge in [0.15, 0.2) is 0 Å². The van der Waals surface area contributed by atoms with Gasteiger partial charge in [-0.2, -0.15) is 0 Å². The largest absolute Gasteiger partial charge is 0.495 e. The molecule has 5 nitrogen and oxygen atoms in total. The van der Waals surface area contributed by atoms with Gasteiger partial charge in [0, 0.05) is 12.1 Å². The summed E-state index contributed by atoms with van der Waals surface area (Å²) in [4.78, 5) is -0.0239. The average molecular weight is 384 g/mol. The third-order valence-corrected chi connectivity index (χ3v) is 5.63. The van der Waals surface area contributed by atoms with Gasteiger partial charge in [-0.15, -0.1) is 0 Å². The SMILES string of the molecule is CCc1cccc(CC)c1NS(=O)(=O)c1cc(OC)c(Cl)cc1OC. The Hall–Kier alpha value is -1.92. The molecule has 0 aromatic heterocycles. The van der Waals surface area contributed by atoms with E-state index < -0.39 is 10.0 Å². The van der Waals surface area contributed by atoms with E-state index in [0.29, 0.717) is 18.5 Å². The summed E-state index contributed by atoms with van der Waals surface area (Å²) in [5.41, 5.74) is 2.48. The summed E-state index contributed by atoms with van der Waals surface area (Å²) in [5, 5.41) is 0.279. The molecule has 7 heteroatoms. The number of rotatable bonds is 7. The molecule has 0 saturated carbocycles. The lowest BCUT2D eigenvalue weighted by Gasteiger charge is -2.18. The second-order valence-electron chi connectivity index (χ2n) is 5.40. The van der Waals surface area contributed by atoms with Gasteiger partial charge >= 0.3 is 0 Å². The molecule has 0 saturated heterocycles. The summed E-state index contributed by atoms with van der Waals surface area (Å²) in [6.45, 7) is 3.97. The van der Waals surface area contributed by atoms with Gasteiger partial charge < -0.3 is 9.47 Å². The fourth-order valence-corrected chi connectivity index (χ4v) is 4.15. The van der Waals surface area contributed by atoms with Crippen molar-refractivity contribution in [3.8, 4) is 11.5 Å². The van der Waals surface area contributed by atoms with Crippen LogP contribution in [0.25, 0.3) is 0 Å². The molecule has 0 atom stereocenters. The molecule has 0 radical (unpaired) electrons. The third-order valence-electron chi connectivity index (χ3n) is 3.96. The van der Waals surface area contributed by atoms with Crippen LogP contribution in [0.5, 0.6) is 11.5 Å². The van der Waals surface area contributed by atoms with Crippen LogP contribution in [0.1, 0.15) is 25.0 Å². The van der Waals surface area contributed by atoms with Gasteiger partial charge in [-0.1, -0.05) is 43.6 Å². The van der Waals surface area contributed by atoms with Crippen LogP contribution in [-0.2, 0) is 22.9 Å². The van der Waals surface area contributed by atoms with E-state index in [9.17, 15) is 8.42 Å². The smallest absolute Gasteiger partial charge is 0.265 e. The molecule has 0 spiro atoms. The standard InChI is InChI=1S/C18H22ClNO4S/c1-5-12-8-7-9-13(6-2)18(12)20-25(21,22)17-11-15(23-3)14(19)10-16(17)24-4/h7-11,20H,5-6H2,1-4H3. The van der Waals surface area contributed by atoms with Crippen molar-refractivity contribution in [1.82, 2.24) is 0 Å². The molecule has 0 aliphatic rings. The van der Waals surface area contributed by atoms with Crippen molar-refractivity contribution in [2.45, 2.75) is 31.6 Å². The minimum Gasteiger partial charge on any atom is -0.495 e. The Balaban J connectivity index is 2.58. The highest BCUT2D eigenvalue weighted by Crippen LogP contribution is 2.36. The number of para-hydroxylation sites is 1. The number of nitrogens with one attached hydrogen (secondary N) is 1. The molecule has 0 aliphatic carbocycles. The lowest BCUT2D eigenvalue weighted by molar-refractivity contribution is 0.392. The number of aryl methyl sites for hydroxylation is 2. The lowest BCUT2D eigenvalue weighted by atomic mass is 10.0. The zero-order chi connectivity index (χ0) is 18.6. The molecule has 1 N–H and O–H groups in total. The fourth-order valence-electron chi connectivity index (χ4n) is 2.61. The van der Waals surface area contributed by atoms with E-state index in [0.717, 1.165) is 11.1 Å². The maximum absolute atomic E-state index is 13.0. The minimum absolute atomic E-state index is 0.0239. The van der Waals surface area contributed by atoms with Crippen LogP contribution in [0.3, 0.4) is 0 Å². The molecule has 25 heavy (non-hydrogen) atoms. The Morgan fingerprint density at radius 1 is 1.00 bits per heavy atom. The molecule has 0 bridgehead atoms. The van der Waals surface area contributed by atoms with Crippen molar-refractivity contribution in [3.63, 3.8) is 0 Å². The second kappa shape index (κ2) is 7.97. The van der Waals surface area contributed by atoms with Gasteiger partial charge in [0.05, 0.1) is 24.9 Å². The van der Waals surface area contributed by atoms with Crippen LogP contribution in [0.15, 0.2) is 35.2 Å². The summed E-state index contributed by atoms with van der Waals surface area (Å²) < 4.78 is 39.1. The Bertz CT molecular complexity index is 843. The maximum atomic E-state index is 13.0. The predicted octanol–water partition coefficient (Wildman–Crippen LogP) is 4.28. The first-order valence-electron chi connectivity index (χ1n) is 7.93. The number of benzene rings is 2. The first-order chi connectivity index (χ1) is 11.9. The van der Waals surface area contributed by atoms with Crippen LogP contribution in [-0.4, -0.2) is 22.6 Å². The average Bonchev–Trinajstić information content (AvgIpc) is 2.61. The van der Waals surface area contributed by atoms with Crippen LogP contribution in [0.4, 0.5) is 5.69 Å². The summed E-state index contributed by atoms with van der Waals surface area (Å²) in [7, 11) is -1.06. The first-order valence-corrected chi connectivity index (χ1v) is 9.79. The van der Waals surface area contributed by atoms with Crippen LogP contribution >= 0.6 is 11.6 Å². The summed E-state index contributed by atoms with van der Waals surface area (Å²) >= 11 is 6.07. The van der Waals surface area contributed by atoms with Gasteiger partial charge in [0.1, 0.15) is 16.4 Å². The number of halogens is 1. The minimum atomic E-state index is -3.88. The van der Waals surface area contributed by atoms with E-state index in [1.165, 1.54) is 26.4 Å². The molecular weight excluding hydrogens is 362 g/mol. The van der Waals surface area contributed by atoms with E-state index in [4.69, 9.17) is 21.1 Å². The molecule has 136 valence electrons. The Morgan fingerprint density at radius 2 is 1.56 bits per heavy atom. The topological polar surface area (TPSA) is 64.6 Å². The Kier molecular flexibility index (Phi) is 6.19. The van der Waals surface area contributed by atoms with E-state index in [2.05, 4.69) is 4.72 Å². The van der Waals surface area contributed by atoms with Crippen molar-refractivity contribution in [1.29, 1.82) is 0 Å². The number of methoxy groups -OCH3 is 2. The lowest BCUT2D eigenvalue weighted by Crippen LogP contribution is -2.16. The quantitative estimate of drug-likeness (QED) is 0.774. The molecule has 0 fully saturated rings. The summed E-state index contributed by atoms with van der Waals surface area (Å²) in [6, 6.07) is 8.56. The third kappa shape index (κ3) is 4.02. The van der Waals surface area contributed by atoms with Crippen LogP contribution in [0, 0.1) is 0 Å². The number of sulfonamides is 1. The van der Waals surface area contributed by atoms with Gasteiger partial charge in [-0.05, 0) is 24.0 Å². The fraction of sp³-hybridized carbons (Fsp3) is 0.333. The normalized spacial score (nSPS) is 11.2. The highest BCUT2D eigenvalue weighted by Gasteiger charge is 2.24. The number of anilines is 1. The first kappa shape index (κ1) is 19.4. The van der Waals surface area contributed by atoms with Gasteiger partial charge in [0.25, 0.3) is 10.0 Å². The number of ether oxygens (including phenoxy) is 2. The molecule has 0 unspecified atom stereocenters. The van der Waals surface area contributed by atoms with Crippen LogP contribution < -0.4 is 14.2 Å². The molecule has 2 aromatic carbocycles. The monoisotopic (exact) mass is 383 g/mol. The summed E-state index contributed by atoms with van der Waals surface area (Å²) in [6.07, 6.45) is 1.43. The van der Waals surface area contributed by atoms with Gasteiger partial charge in [-0.25, -0.2) is 8.42 Å². The van der Waals surface area contributed by atoms with Crippen molar-refractivity contribution in [2.24, 2.45) is 0 Å². The van der Waals surface area contributed by atoms with E-state index >= 15 is 0 Å². The van der Waals surface area contributed by atoms with E-state index in [-0.39, 0.29) is 21.4 Å². The Morgan fingerprint density at radius 3 is 2.04 bits per heavy atom. The molecule has 2 rings (SSSR count). The van der Waals surface area contributed by atoms with Crippen molar-refractivity contribution in [2.75, 3.05) is 18.9 Å². The Labute approximate surface area is 154 Å². The van der Waals surface area contributed by atoms with E-state index in [1.54, 1.807) is 0 Å². The zero-order valence-electron chi connectivity index (χ0n) is 14.7. The highest BCUT2D eigenvalue weighted by molar-refractivity contribution is 7.92. The molecule has 0 heterocycles. The summed E-state index contributed by atoms with van der Waals surface area (Å²) in [5.74, 6) is 0.424. The predicted molar refractivity (Wildman–Crippen MR) is 101 cm³/mol. The van der Waals surface area contributed by atoms with Crippen molar-refractivity contribution in [3.05, 3.63) is 46.5 Å². The molecule has 0 amide bonds. The van der Waals surface area contributed by atoms with Gasteiger partial charge in [-0.3, -0.25) is 4.72 Å². The highest BCUT2D eigenvalue weighted by atomic mass is 35.5. The second-order valence-corrected chi connectivity index (χ2v) is 7.46.